The summed E-state index contributed by atoms with van der Waals surface area (Å²) in [6.07, 6.45) is 1.39. The summed E-state index contributed by atoms with van der Waals surface area (Å²) in [6, 6.07) is 16.7. The maximum atomic E-state index is 12.0. The van der Waals surface area contributed by atoms with Crippen LogP contribution in [-0.2, 0) is 11.3 Å². The average Bonchev–Trinajstić information content (AvgIpc) is 3.11. The molecular weight excluding hydrogens is 294 g/mol. The number of nitrogens with zero attached hydrogens (tertiary/aromatic N) is 3. The lowest BCUT2D eigenvalue weighted by Crippen LogP contribution is -2.07. The molecule has 0 saturated carbocycles. The van der Waals surface area contributed by atoms with Crippen LogP contribution in [0.4, 0.5) is 0 Å². The lowest BCUT2D eigenvalue weighted by atomic mass is 10.2. The molecule has 116 valence electrons. The minimum absolute atomic E-state index is 0.147. The van der Waals surface area contributed by atoms with Crippen LogP contribution in [-0.4, -0.2) is 28.1 Å². The van der Waals surface area contributed by atoms with Crippen molar-refractivity contribution in [1.29, 1.82) is 0 Å². The lowest BCUT2D eigenvalue weighted by Gasteiger charge is -2.05. The predicted octanol–water partition coefficient (Wildman–Crippen LogP) is 2.63. The van der Waals surface area contributed by atoms with Crippen molar-refractivity contribution in [3.05, 3.63) is 72.1 Å². The van der Waals surface area contributed by atoms with Gasteiger partial charge < -0.3 is 9.47 Å². The molecule has 0 aliphatic heterocycles. The van der Waals surface area contributed by atoms with Crippen LogP contribution in [0.3, 0.4) is 0 Å². The molecule has 3 aromatic rings. The van der Waals surface area contributed by atoms with Crippen molar-refractivity contribution >= 4 is 5.97 Å². The normalized spacial score (nSPS) is 10.3. The van der Waals surface area contributed by atoms with E-state index in [-0.39, 0.29) is 12.3 Å². The van der Waals surface area contributed by atoms with Crippen molar-refractivity contribution in [2.24, 2.45) is 0 Å². The molecule has 1 heterocycles. The van der Waals surface area contributed by atoms with Crippen molar-refractivity contribution < 1.29 is 14.3 Å². The van der Waals surface area contributed by atoms with E-state index in [1.54, 1.807) is 7.11 Å². The average molecular weight is 309 g/mol. The lowest BCUT2D eigenvalue weighted by molar-refractivity contribution is 0.0465. The minimum atomic E-state index is -0.519. The van der Waals surface area contributed by atoms with Gasteiger partial charge in [-0.05, 0) is 29.8 Å². The number of benzene rings is 2. The van der Waals surface area contributed by atoms with Gasteiger partial charge in [0.1, 0.15) is 12.4 Å². The molecule has 0 bridgehead atoms. The van der Waals surface area contributed by atoms with Crippen LogP contribution in [0.25, 0.3) is 5.69 Å². The number of aromatic nitrogens is 3. The minimum Gasteiger partial charge on any atom is -0.497 e. The molecule has 0 unspecified atom stereocenters. The summed E-state index contributed by atoms with van der Waals surface area (Å²) in [5, 5.41) is 8.21. The van der Waals surface area contributed by atoms with Gasteiger partial charge in [-0.15, -0.1) is 5.10 Å². The van der Waals surface area contributed by atoms with Gasteiger partial charge in [-0.1, -0.05) is 30.3 Å². The number of carbonyl (C=O) groups is 1. The van der Waals surface area contributed by atoms with E-state index in [9.17, 15) is 4.79 Å². The highest BCUT2D eigenvalue weighted by Crippen LogP contribution is 2.14. The number of para-hydroxylation sites is 1. The van der Waals surface area contributed by atoms with E-state index >= 15 is 0 Å². The zero-order valence-electron chi connectivity index (χ0n) is 12.5. The zero-order chi connectivity index (χ0) is 16.1. The quantitative estimate of drug-likeness (QED) is 0.678. The molecule has 6 nitrogen and oxygen atoms in total. The van der Waals surface area contributed by atoms with E-state index in [4.69, 9.17) is 9.47 Å². The van der Waals surface area contributed by atoms with Crippen molar-refractivity contribution in [3.8, 4) is 11.4 Å². The van der Waals surface area contributed by atoms with Gasteiger partial charge in [0.25, 0.3) is 0 Å². The summed E-state index contributed by atoms with van der Waals surface area (Å²) < 4.78 is 10.4. The fraction of sp³-hybridized carbons (Fsp3) is 0.118. The molecule has 6 heteroatoms. The highest BCUT2D eigenvalue weighted by atomic mass is 16.5. The summed E-state index contributed by atoms with van der Waals surface area (Å²) in [6.45, 7) is 0.147. The Hall–Kier alpha value is -3.15. The number of hydrogen-bond donors (Lipinski definition) is 0. The Morgan fingerprint density at radius 1 is 1.13 bits per heavy atom. The van der Waals surface area contributed by atoms with Crippen molar-refractivity contribution in [3.63, 3.8) is 0 Å². The van der Waals surface area contributed by atoms with Crippen molar-refractivity contribution in [2.75, 3.05) is 7.11 Å². The second-order valence-electron chi connectivity index (χ2n) is 4.78. The van der Waals surface area contributed by atoms with Gasteiger partial charge in [0.2, 0.25) is 0 Å². The number of rotatable bonds is 5. The number of methoxy groups -OCH3 is 1. The molecule has 0 amide bonds. The van der Waals surface area contributed by atoms with E-state index in [1.165, 1.54) is 11.0 Å². The van der Waals surface area contributed by atoms with Gasteiger partial charge in [-0.3, -0.25) is 0 Å². The second-order valence-corrected chi connectivity index (χ2v) is 4.78. The standard InChI is InChI=1S/C17H15N3O3/c1-22-15-9-5-6-13(10-15)12-23-17(21)16-11-18-20(19-16)14-7-3-2-4-8-14/h2-11H,12H2,1H3. The van der Waals surface area contributed by atoms with Gasteiger partial charge in [0.05, 0.1) is 19.0 Å². The highest BCUT2D eigenvalue weighted by Gasteiger charge is 2.13. The van der Waals surface area contributed by atoms with Gasteiger partial charge >= 0.3 is 5.97 Å². The second kappa shape index (κ2) is 6.74. The summed E-state index contributed by atoms with van der Waals surface area (Å²) in [7, 11) is 1.59. The number of ether oxygens (including phenoxy) is 2. The first-order chi connectivity index (χ1) is 11.3. The Kier molecular flexibility index (Phi) is 4.33. The molecule has 0 N–H and O–H groups in total. The zero-order valence-corrected chi connectivity index (χ0v) is 12.5. The third-order valence-electron chi connectivity index (χ3n) is 3.19. The SMILES string of the molecule is COc1cccc(COC(=O)c2cnn(-c3ccccc3)n2)c1. The summed E-state index contributed by atoms with van der Waals surface area (Å²) in [5.41, 5.74) is 1.78. The number of hydrogen-bond acceptors (Lipinski definition) is 5. The first-order valence-electron chi connectivity index (χ1n) is 7.04. The summed E-state index contributed by atoms with van der Waals surface area (Å²) >= 11 is 0. The van der Waals surface area contributed by atoms with E-state index in [1.807, 2.05) is 54.6 Å². The molecule has 2 aromatic carbocycles. The molecule has 0 radical (unpaired) electrons. The Morgan fingerprint density at radius 2 is 1.96 bits per heavy atom. The Balaban J connectivity index is 1.66. The van der Waals surface area contributed by atoms with Crippen molar-refractivity contribution in [2.45, 2.75) is 6.61 Å². The Bertz CT molecular complexity index is 800. The van der Waals surface area contributed by atoms with Crippen LogP contribution in [0.1, 0.15) is 16.1 Å². The Labute approximate surface area is 133 Å². The molecular formula is C17H15N3O3. The molecule has 0 fully saturated rings. The summed E-state index contributed by atoms with van der Waals surface area (Å²) in [4.78, 5) is 13.4. The maximum absolute atomic E-state index is 12.0. The van der Waals surface area contributed by atoms with E-state index in [0.29, 0.717) is 5.75 Å². The van der Waals surface area contributed by atoms with Gasteiger partial charge in [0, 0.05) is 0 Å². The topological polar surface area (TPSA) is 66.2 Å². The van der Waals surface area contributed by atoms with E-state index in [2.05, 4.69) is 10.2 Å². The molecule has 0 spiro atoms. The molecule has 23 heavy (non-hydrogen) atoms. The van der Waals surface area contributed by atoms with E-state index < -0.39 is 5.97 Å². The number of esters is 1. The van der Waals surface area contributed by atoms with Gasteiger partial charge in [-0.2, -0.15) is 9.90 Å². The molecule has 0 saturated heterocycles. The maximum Gasteiger partial charge on any atom is 0.360 e. The fourth-order valence-electron chi connectivity index (χ4n) is 2.03. The molecule has 0 aliphatic rings. The monoisotopic (exact) mass is 309 g/mol. The van der Waals surface area contributed by atoms with Crippen molar-refractivity contribution in [1.82, 2.24) is 15.0 Å². The van der Waals surface area contributed by atoms with Crippen LogP contribution in [0, 0.1) is 0 Å². The van der Waals surface area contributed by atoms with Crippen LogP contribution in [0.15, 0.2) is 60.8 Å². The van der Waals surface area contributed by atoms with Gasteiger partial charge in [0.15, 0.2) is 5.69 Å². The third kappa shape index (κ3) is 3.55. The largest absolute Gasteiger partial charge is 0.497 e. The van der Waals surface area contributed by atoms with E-state index in [0.717, 1.165) is 11.3 Å². The summed E-state index contributed by atoms with van der Waals surface area (Å²) in [5.74, 6) is 0.198. The third-order valence-corrected chi connectivity index (χ3v) is 3.19. The Morgan fingerprint density at radius 3 is 2.74 bits per heavy atom. The first-order valence-corrected chi connectivity index (χ1v) is 7.04. The van der Waals surface area contributed by atoms with Crippen LogP contribution in [0.2, 0.25) is 0 Å². The molecule has 1 aromatic heterocycles. The van der Waals surface area contributed by atoms with Crippen LogP contribution in [0.5, 0.6) is 5.75 Å². The smallest absolute Gasteiger partial charge is 0.360 e. The number of carbonyl (C=O) groups excluding carboxylic acids is 1. The predicted molar refractivity (Wildman–Crippen MR) is 83.5 cm³/mol. The van der Waals surface area contributed by atoms with Crippen LogP contribution < -0.4 is 4.74 Å². The molecule has 3 rings (SSSR count). The first kappa shape index (κ1) is 14.8. The van der Waals surface area contributed by atoms with Crippen LogP contribution >= 0.6 is 0 Å². The molecule has 0 atom stereocenters. The molecule has 0 aliphatic carbocycles. The highest BCUT2D eigenvalue weighted by molar-refractivity contribution is 5.86. The fourth-order valence-corrected chi connectivity index (χ4v) is 2.03. The van der Waals surface area contributed by atoms with Gasteiger partial charge in [-0.25, -0.2) is 4.79 Å².